The number of fused-ring (bicyclic) bond motifs is 1. The molecule has 31 heavy (non-hydrogen) atoms. The maximum Gasteiger partial charge on any atom is 0.314 e. The predicted octanol–water partition coefficient (Wildman–Crippen LogP) is 5.27. The Morgan fingerprint density at radius 1 is 0.871 bits per heavy atom. The van der Waals surface area contributed by atoms with Crippen molar-refractivity contribution in [3.63, 3.8) is 0 Å². The molecule has 0 aliphatic heterocycles. The summed E-state index contributed by atoms with van der Waals surface area (Å²) >= 11 is 1.54. The Bertz CT molecular complexity index is 1320. The zero-order chi connectivity index (χ0) is 22.1. The molecule has 5 nitrogen and oxygen atoms in total. The number of amides is 2. The second-order valence-electron chi connectivity index (χ2n) is 6.70. The van der Waals surface area contributed by atoms with Gasteiger partial charge in [0.05, 0.1) is 15.9 Å². The molecule has 0 aliphatic rings. The molecule has 3 aromatic carbocycles. The van der Waals surface area contributed by atoms with Crippen LogP contribution in [0.5, 0.6) is 0 Å². The lowest BCUT2D eigenvalue weighted by Crippen LogP contribution is -2.29. The van der Waals surface area contributed by atoms with Gasteiger partial charge in [-0.05, 0) is 61.0 Å². The van der Waals surface area contributed by atoms with Crippen LogP contribution in [-0.4, -0.2) is 16.8 Å². The Morgan fingerprint density at radius 3 is 2.32 bits per heavy atom. The largest absolute Gasteiger partial charge is 0.318 e. The first-order valence-corrected chi connectivity index (χ1v) is 9.87. The number of nitrogens with zero attached hydrogens (tertiary/aromatic N) is 1. The molecule has 4 aromatic rings. The molecule has 0 radical (unpaired) electrons. The molecule has 0 bridgehead atoms. The molecule has 0 aliphatic carbocycles. The number of thiazole rings is 1. The van der Waals surface area contributed by atoms with E-state index in [1.54, 1.807) is 24.3 Å². The third-order valence-electron chi connectivity index (χ3n) is 4.42. The van der Waals surface area contributed by atoms with E-state index in [-0.39, 0.29) is 0 Å². The molecule has 0 saturated carbocycles. The van der Waals surface area contributed by atoms with Gasteiger partial charge < -0.3 is 10.6 Å². The number of carbonyl (C=O) groups is 2. The maximum atomic E-state index is 13.7. The fourth-order valence-electron chi connectivity index (χ4n) is 2.84. The monoisotopic (exact) mass is 441 g/mol. The number of carbonyl (C=O) groups excluding carboxylic acids is 2. The van der Waals surface area contributed by atoms with E-state index in [4.69, 9.17) is 0 Å². The second-order valence-corrected chi connectivity index (χ2v) is 7.73. The molecular weight excluding hydrogens is 427 g/mol. The van der Waals surface area contributed by atoms with Crippen molar-refractivity contribution in [1.29, 1.82) is 0 Å². The van der Waals surface area contributed by atoms with Crippen molar-refractivity contribution in [2.75, 3.05) is 10.6 Å². The van der Waals surface area contributed by atoms with E-state index in [2.05, 4.69) is 16.4 Å². The molecule has 9 heteroatoms. The minimum Gasteiger partial charge on any atom is -0.318 e. The highest BCUT2D eigenvalue weighted by molar-refractivity contribution is 7.21. The smallest absolute Gasteiger partial charge is 0.314 e. The molecule has 156 valence electrons. The third kappa shape index (κ3) is 4.26. The van der Waals surface area contributed by atoms with Crippen LogP contribution in [0.2, 0.25) is 0 Å². The Balaban J connectivity index is 1.45. The lowest BCUT2D eigenvalue weighted by Gasteiger charge is -2.08. The van der Waals surface area contributed by atoms with E-state index < -0.39 is 35.0 Å². The van der Waals surface area contributed by atoms with Crippen LogP contribution in [0.4, 0.5) is 24.5 Å². The number of benzene rings is 3. The van der Waals surface area contributed by atoms with Crippen LogP contribution in [0.3, 0.4) is 0 Å². The molecule has 0 atom stereocenters. The fourth-order valence-corrected chi connectivity index (χ4v) is 3.91. The Hall–Kier alpha value is -3.72. The van der Waals surface area contributed by atoms with Gasteiger partial charge in [-0.25, -0.2) is 18.2 Å². The van der Waals surface area contributed by atoms with Gasteiger partial charge in [-0.1, -0.05) is 6.07 Å². The SMILES string of the molecule is Cc1ccc2nc(-c3ccc(NC(=O)C(=O)Nc4ccc(F)c(F)c4F)cc3)sc2c1. The minimum atomic E-state index is -1.74. The van der Waals surface area contributed by atoms with E-state index in [9.17, 15) is 22.8 Å². The number of hydrogen-bond acceptors (Lipinski definition) is 4. The van der Waals surface area contributed by atoms with Crippen LogP contribution < -0.4 is 10.6 Å². The summed E-state index contributed by atoms with van der Waals surface area (Å²) in [6.07, 6.45) is 0. The van der Waals surface area contributed by atoms with Gasteiger partial charge in [-0.15, -0.1) is 11.3 Å². The molecule has 0 spiro atoms. The fraction of sp³-hybridized carbons (Fsp3) is 0.0455. The summed E-state index contributed by atoms with van der Waals surface area (Å²) < 4.78 is 40.9. The van der Waals surface area contributed by atoms with Gasteiger partial charge in [-0.3, -0.25) is 9.59 Å². The molecule has 2 N–H and O–H groups in total. The molecule has 0 unspecified atom stereocenters. The summed E-state index contributed by atoms with van der Waals surface area (Å²) in [5.41, 5.74) is 2.56. The summed E-state index contributed by atoms with van der Waals surface area (Å²) in [5.74, 6) is -7.04. The van der Waals surface area contributed by atoms with Crippen molar-refractivity contribution in [3.8, 4) is 10.6 Å². The molecule has 1 aromatic heterocycles. The molecule has 2 amide bonds. The quantitative estimate of drug-likeness (QED) is 0.336. The molecule has 4 rings (SSSR count). The highest BCUT2D eigenvalue weighted by atomic mass is 32.1. The number of aryl methyl sites for hydroxylation is 1. The van der Waals surface area contributed by atoms with E-state index in [0.29, 0.717) is 11.8 Å². The van der Waals surface area contributed by atoms with E-state index >= 15 is 0 Å². The van der Waals surface area contributed by atoms with Crippen molar-refractivity contribution in [3.05, 3.63) is 77.6 Å². The average Bonchev–Trinajstić information content (AvgIpc) is 3.17. The van der Waals surface area contributed by atoms with Gasteiger partial charge in [0, 0.05) is 11.3 Å². The Labute approximate surface area is 178 Å². The maximum absolute atomic E-state index is 13.7. The van der Waals surface area contributed by atoms with Gasteiger partial charge in [-0.2, -0.15) is 0 Å². The Morgan fingerprint density at radius 2 is 1.58 bits per heavy atom. The zero-order valence-corrected chi connectivity index (χ0v) is 16.8. The lowest BCUT2D eigenvalue weighted by atomic mass is 10.2. The van der Waals surface area contributed by atoms with Crippen molar-refractivity contribution < 1.29 is 22.8 Å². The van der Waals surface area contributed by atoms with Gasteiger partial charge >= 0.3 is 11.8 Å². The van der Waals surface area contributed by atoms with E-state index in [1.165, 1.54) is 11.3 Å². The predicted molar refractivity (Wildman–Crippen MR) is 113 cm³/mol. The number of aromatic nitrogens is 1. The van der Waals surface area contributed by atoms with Crippen molar-refractivity contribution >= 4 is 44.7 Å². The summed E-state index contributed by atoms with van der Waals surface area (Å²) in [6, 6.07) is 14.1. The third-order valence-corrected chi connectivity index (χ3v) is 5.49. The summed E-state index contributed by atoms with van der Waals surface area (Å²) in [5, 5.41) is 5.09. The van der Waals surface area contributed by atoms with Crippen molar-refractivity contribution in [1.82, 2.24) is 4.98 Å². The van der Waals surface area contributed by atoms with Gasteiger partial charge in [0.2, 0.25) is 0 Å². The van der Waals surface area contributed by atoms with Crippen LogP contribution in [0, 0.1) is 24.4 Å². The second kappa shape index (κ2) is 8.19. The van der Waals surface area contributed by atoms with Gasteiger partial charge in [0.25, 0.3) is 0 Å². The first-order chi connectivity index (χ1) is 14.8. The number of anilines is 2. The van der Waals surface area contributed by atoms with Crippen LogP contribution in [0.1, 0.15) is 5.56 Å². The van der Waals surface area contributed by atoms with Crippen LogP contribution in [-0.2, 0) is 9.59 Å². The van der Waals surface area contributed by atoms with Crippen molar-refractivity contribution in [2.45, 2.75) is 6.92 Å². The lowest BCUT2D eigenvalue weighted by molar-refractivity contribution is -0.133. The standard InChI is InChI=1S/C22H14F3N3O2S/c1-11-2-8-15-17(10-11)31-22(28-15)12-3-5-13(6-4-12)26-20(29)21(30)27-16-9-7-14(23)18(24)19(16)25/h2-10H,1H3,(H,26,29)(H,27,30). The van der Waals surface area contributed by atoms with Crippen molar-refractivity contribution in [2.24, 2.45) is 0 Å². The van der Waals surface area contributed by atoms with E-state index in [1.807, 2.05) is 24.4 Å². The highest BCUT2D eigenvalue weighted by Crippen LogP contribution is 2.31. The topological polar surface area (TPSA) is 71.1 Å². The number of halogens is 3. The number of nitrogens with one attached hydrogen (secondary N) is 2. The van der Waals surface area contributed by atoms with E-state index in [0.717, 1.165) is 32.4 Å². The van der Waals surface area contributed by atoms with Crippen LogP contribution in [0.25, 0.3) is 20.8 Å². The van der Waals surface area contributed by atoms with Gasteiger partial charge in [0.1, 0.15) is 5.01 Å². The minimum absolute atomic E-state index is 0.326. The number of rotatable bonds is 3. The molecule has 0 saturated heterocycles. The summed E-state index contributed by atoms with van der Waals surface area (Å²) in [4.78, 5) is 28.6. The van der Waals surface area contributed by atoms with Crippen LogP contribution in [0.15, 0.2) is 54.6 Å². The molecular formula is C22H14F3N3O2S. The Kier molecular flexibility index (Phi) is 5.43. The highest BCUT2D eigenvalue weighted by Gasteiger charge is 2.19. The van der Waals surface area contributed by atoms with Crippen LogP contribution >= 0.6 is 11.3 Å². The summed E-state index contributed by atoms with van der Waals surface area (Å²) in [7, 11) is 0. The zero-order valence-electron chi connectivity index (χ0n) is 16.0. The molecule has 1 heterocycles. The van der Waals surface area contributed by atoms with Gasteiger partial charge in [0.15, 0.2) is 17.5 Å². The number of hydrogen-bond donors (Lipinski definition) is 2. The first kappa shape index (κ1) is 20.5. The normalized spacial score (nSPS) is 10.8. The average molecular weight is 441 g/mol. The first-order valence-electron chi connectivity index (χ1n) is 9.05. The summed E-state index contributed by atoms with van der Waals surface area (Å²) in [6.45, 7) is 2.01. The molecule has 0 fully saturated rings.